The molecule has 3 rings (SSSR count). The van der Waals surface area contributed by atoms with Gasteiger partial charge in [0, 0.05) is 37.2 Å². The summed E-state index contributed by atoms with van der Waals surface area (Å²) in [5.74, 6) is -1.85. The number of aryl methyl sites for hydroxylation is 1. The van der Waals surface area contributed by atoms with E-state index in [4.69, 9.17) is 0 Å². The number of nitro benzene ring substituents is 1. The summed E-state index contributed by atoms with van der Waals surface area (Å²) in [5, 5.41) is 14.2. The number of non-ortho nitro benzene ring substituents is 1. The zero-order chi connectivity index (χ0) is 30.2. The smallest absolute Gasteiger partial charge is 0.271 e. The molecule has 0 aliphatic rings. The molecule has 0 aliphatic carbocycles. The normalized spacial score (nSPS) is 11.9. The van der Waals surface area contributed by atoms with Gasteiger partial charge in [-0.1, -0.05) is 61.5 Å². The minimum absolute atomic E-state index is 0.0454. The van der Waals surface area contributed by atoms with Crippen molar-refractivity contribution < 1.29 is 27.3 Å². The van der Waals surface area contributed by atoms with E-state index < -0.39 is 45.2 Å². The second-order valence-corrected chi connectivity index (χ2v) is 11.5. The Morgan fingerprint density at radius 1 is 1.05 bits per heavy atom. The number of sulfonamides is 1. The Hall–Kier alpha value is -4.32. The highest BCUT2D eigenvalue weighted by molar-refractivity contribution is 7.92. The molecule has 0 fully saturated rings. The molecule has 0 bridgehead atoms. The zero-order valence-electron chi connectivity index (χ0n) is 23.1. The highest BCUT2D eigenvalue weighted by Gasteiger charge is 2.34. The highest BCUT2D eigenvalue weighted by Crippen LogP contribution is 2.28. The van der Waals surface area contributed by atoms with E-state index in [-0.39, 0.29) is 29.9 Å². The van der Waals surface area contributed by atoms with Crippen molar-refractivity contribution in [2.45, 2.75) is 39.3 Å². The summed E-state index contributed by atoms with van der Waals surface area (Å²) >= 11 is 0. The maximum Gasteiger partial charge on any atom is 0.271 e. The van der Waals surface area contributed by atoms with E-state index >= 15 is 0 Å². The molecule has 1 N–H and O–H groups in total. The van der Waals surface area contributed by atoms with Crippen LogP contribution in [0.25, 0.3) is 0 Å². The van der Waals surface area contributed by atoms with Gasteiger partial charge in [0.15, 0.2) is 0 Å². The van der Waals surface area contributed by atoms with Crippen LogP contribution in [0, 0.1) is 22.9 Å². The average molecular weight is 585 g/mol. The number of amides is 2. The molecule has 12 heteroatoms. The van der Waals surface area contributed by atoms with Crippen LogP contribution in [0.2, 0.25) is 0 Å². The SMILES string of the molecule is CCCNC(=O)C(Cc1ccccc1)N(Cc1ccccc1F)C(=O)CN(c1cc([N+](=O)[O-])ccc1C)S(C)(=O)=O. The Morgan fingerprint density at radius 3 is 2.32 bits per heavy atom. The summed E-state index contributed by atoms with van der Waals surface area (Å²) < 4.78 is 41.4. The van der Waals surface area contributed by atoms with Crippen LogP contribution in [0.4, 0.5) is 15.8 Å². The number of halogens is 1. The monoisotopic (exact) mass is 584 g/mol. The predicted molar refractivity (Wildman–Crippen MR) is 154 cm³/mol. The number of carbonyl (C=O) groups is 2. The molecule has 0 heterocycles. The molecule has 2 amide bonds. The summed E-state index contributed by atoms with van der Waals surface area (Å²) in [4.78, 5) is 39.4. The maximum atomic E-state index is 14.8. The second kappa shape index (κ2) is 13.8. The van der Waals surface area contributed by atoms with E-state index in [1.807, 2.05) is 13.0 Å². The molecule has 218 valence electrons. The number of nitro groups is 1. The van der Waals surface area contributed by atoms with Crippen LogP contribution < -0.4 is 9.62 Å². The van der Waals surface area contributed by atoms with Crippen molar-refractivity contribution in [2.24, 2.45) is 0 Å². The number of carbonyl (C=O) groups excluding carboxylic acids is 2. The first kappa shape index (κ1) is 31.2. The number of hydrogen-bond acceptors (Lipinski definition) is 6. The standard InChI is InChI=1S/C29H33FN4O6S/c1-4-16-31-29(36)27(17-22-10-6-5-7-11-22)32(19-23-12-8-9-13-25(23)30)28(35)20-33(41(3,39)40)26-18-24(34(37)38)15-14-21(26)2/h5-15,18,27H,4,16-17,19-20H2,1-3H3,(H,31,36). The van der Waals surface area contributed by atoms with Crippen molar-refractivity contribution in [2.75, 3.05) is 23.7 Å². The van der Waals surface area contributed by atoms with Gasteiger partial charge in [0.1, 0.15) is 18.4 Å². The van der Waals surface area contributed by atoms with Crippen LogP contribution in [0.1, 0.15) is 30.0 Å². The lowest BCUT2D eigenvalue weighted by atomic mass is 10.0. The number of nitrogens with zero attached hydrogens (tertiary/aromatic N) is 3. The molecule has 0 radical (unpaired) electrons. The Balaban J connectivity index is 2.10. The largest absolute Gasteiger partial charge is 0.354 e. The van der Waals surface area contributed by atoms with Gasteiger partial charge >= 0.3 is 0 Å². The van der Waals surface area contributed by atoms with Crippen molar-refractivity contribution in [3.63, 3.8) is 0 Å². The van der Waals surface area contributed by atoms with E-state index in [9.17, 15) is 32.5 Å². The fourth-order valence-electron chi connectivity index (χ4n) is 4.30. The molecule has 41 heavy (non-hydrogen) atoms. The number of hydrogen-bond donors (Lipinski definition) is 1. The first-order valence-electron chi connectivity index (χ1n) is 13.0. The van der Waals surface area contributed by atoms with Crippen LogP contribution in [-0.4, -0.2) is 55.4 Å². The second-order valence-electron chi connectivity index (χ2n) is 9.61. The molecule has 1 unspecified atom stereocenters. The van der Waals surface area contributed by atoms with Gasteiger partial charge < -0.3 is 10.2 Å². The molecule has 0 aliphatic heterocycles. The Labute approximate surface area is 239 Å². The highest BCUT2D eigenvalue weighted by atomic mass is 32.2. The van der Waals surface area contributed by atoms with Gasteiger partial charge in [-0.2, -0.15) is 0 Å². The van der Waals surface area contributed by atoms with Gasteiger partial charge in [-0.25, -0.2) is 12.8 Å². The molecular formula is C29H33FN4O6S. The van der Waals surface area contributed by atoms with E-state index in [0.29, 0.717) is 18.5 Å². The van der Waals surface area contributed by atoms with Crippen LogP contribution in [0.5, 0.6) is 0 Å². The molecule has 0 spiro atoms. The summed E-state index contributed by atoms with van der Waals surface area (Å²) in [6.45, 7) is 2.71. The third-order valence-corrected chi connectivity index (χ3v) is 7.60. The van der Waals surface area contributed by atoms with Crippen molar-refractivity contribution >= 4 is 33.2 Å². The van der Waals surface area contributed by atoms with Crippen molar-refractivity contribution in [3.8, 4) is 0 Å². The summed E-state index contributed by atoms with van der Waals surface area (Å²) in [5.41, 5.74) is 0.868. The van der Waals surface area contributed by atoms with Crippen molar-refractivity contribution in [1.29, 1.82) is 0 Å². The van der Waals surface area contributed by atoms with E-state index in [0.717, 1.165) is 22.2 Å². The molecule has 0 saturated carbocycles. The third kappa shape index (κ3) is 8.34. The molecule has 1 atom stereocenters. The van der Waals surface area contributed by atoms with Crippen LogP contribution in [-0.2, 0) is 32.6 Å². The van der Waals surface area contributed by atoms with Crippen LogP contribution in [0.15, 0.2) is 72.8 Å². The Bertz CT molecular complexity index is 1500. The first-order chi connectivity index (χ1) is 19.4. The van der Waals surface area contributed by atoms with Crippen LogP contribution in [0.3, 0.4) is 0 Å². The topological polar surface area (TPSA) is 130 Å². The van der Waals surface area contributed by atoms with Crippen molar-refractivity contribution in [1.82, 2.24) is 10.2 Å². The fraction of sp³-hybridized carbons (Fsp3) is 0.310. The summed E-state index contributed by atoms with van der Waals surface area (Å²) in [6.07, 6.45) is 1.61. The van der Waals surface area contributed by atoms with E-state index in [2.05, 4.69) is 5.32 Å². The minimum atomic E-state index is -4.12. The van der Waals surface area contributed by atoms with Gasteiger partial charge in [-0.05, 0) is 30.5 Å². The van der Waals surface area contributed by atoms with Gasteiger partial charge in [-0.3, -0.25) is 24.0 Å². The number of nitrogens with one attached hydrogen (secondary N) is 1. The fourth-order valence-corrected chi connectivity index (χ4v) is 5.20. The summed E-state index contributed by atoms with van der Waals surface area (Å²) in [6, 6.07) is 17.4. The van der Waals surface area contributed by atoms with Gasteiger partial charge in [0.25, 0.3) is 5.69 Å². The molecular weight excluding hydrogens is 551 g/mol. The summed E-state index contributed by atoms with van der Waals surface area (Å²) in [7, 11) is -4.12. The number of benzene rings is 3. The molecule has 0 aromatic heterocycles. The maximum absolute atomic E-state index is 14.8. The third-order valence-electron chi connectivity index (χ3n) is 6.47. The minimum Gasteiger partial charge on any atom is -0.354 e. The molecule has 0 saturated heterocycles. The van der Waals surface area contributed by atoms with Crippen molar-refractivity contribution in [3.05, 3.63) is 105 Å². The molecule has 10 nitrogen and oxygen atoms in total. The number of anilines is 1. The van der Waals surface area contributed by atoms with Gasteiger partial charge in [0.05, 0.1) is 16.9 Å². The average Bonchev–Trinajstić information content (AvgIpc) is 2.93. The Morgan fingerprint density at radius 2 is 1.71 bits per heavy atom. The van der Waals surface area contributed by atoms with Crippen LogP contribution >= 0.6 is 0 Å². The first-order valence-corrected chi connectivity index (χ1v) is 14.8. The van der Waals surface area contributed by atoms with E-state index in [1.165, 1.54) is 35.2 Å². The Kier molecular flexibility index (Phi) is 10.5. The quantitative estimate of drug-likeness (QED) is 0.239. The zero-order valence-corrected chi connectivity index (χ0v) is 23.9. The lowest BCUT2D eigenvalue weighted by Crippen LogP contribution is -2.53. The van der Waals surface area contributed by atoms with Gasteiger partial charge in [-0.15, -0.1) is 0 Å². The predicted octanol–water partition coefficient (Wildman–Crippen LogP) is 3.97. The lowest BCUT2D eigenvalue weighted by molar-refractivity contribution is -0.384. The molecule has 3 aromatic carbocycles. The molecule has 3 aromatic rings. The van der Waals surface area contributed by atoms with E-state index in [1.54, 1.807) is 37.3 Å². The number of rotatable bonds is 13. The van der Waals surface area contributed by atoms with Gasteiger partial charge in [0.2, 0.25) is 21.8 Å². The lowest BCUT2D eigenvalue weighted by Gasteiger charge is -2.33.